The highest BCUT2D eigenvalue weighted by Gasteiger charge is 2.38. The maximum Gasteiger partial charge on any atom is 0.407 e. The molecule has 2 fully saturated rings. The van der Waals surface area contributed by atoms with E-state index in [0.29, 0.717) is 41.9 Å². The molecule has 4 amide bonds. The molecule has 4 heterocycles. The minimum absolute atomic E-state index is 0.120. The van der Waals surface area contributed by atoms with E-state index in [1.54, 1.807) is 22.1 Å². The molecule has 2 aliphatic rings. The maximum absolute atomic E-state index is 13.9. The number of alkyl carbamates (subject to hydrolysis) is 2. The largest absolute Gasteiger partial charge is 0.453 e. The van der Waals surface area contributed by atoms with E-state index in [-0.39, 0.29) is 41.2 Å². The van der Waals surface area contributed by atoms with Gasteiger partial charge in [-0.3, -0.25) is 14.4 Å². The van der Waals surface area contributed by atoms with E-state index in [1.807, 2.05) is 52.0 Å². The standard InChI is InChI=1S/C45H53N7O7/c1-25(2)39(49-44(56)58-5)42(54)51-18-8-7-10-36(51)34-23-38(53)32-17-16-30(22-33(32)47-34)28-12-13-29-21-31(15-14-27(29)20-28)35-24-46-41(48-35)37-11-9-19-52(37)43(55)40(26(3)4)50-45(57)59-6/h12-17,20-26,36-37,39-40H,7-11,18-19H2,1-6H3,(H,46,48)(H,47,53)(H,49,56)(H,50,57)/t36?,37-,39-,40?/m0/s1. The first-order valence-electron chi connectivity index (χ1n) is 20.4. The number of methoxy groups -OCH3 is 2. The number of benzene rings is 3. The summed E-state index contributed by atoms with van der Waals surface area (Å²) in [6, 6.07) is 17.8. The van der Waals surface area contributed by atoms with Crippen LogP contribution in [0.15, 0.2) is 71.7 Å². The van der Waals surface area contributed by atoms with Crippen LogP contribution in [0.1, 0.15) is 83.4 Å². The molecule has 7 rings (SSSR count). The molecule has 2 aliphatic heterocycles. The Kier molecular flexibility index (Phi) is 12.1. The van der Waals surface area contributed by atoms with Crippen LogP contribution in [-0.2, 0) is 19.1 Å². The van der Waals surface area contributed by atoms with Gasteiger partial charge >= 0.3 is 12.2 Å². The zero-order valence-corrected chi connectivity index (χ0v) is 34.5. The Morgan fingerprint density at radius 2 is 1.25 bits per heavy atom. The molecule has 2 aromatic heterocycles. The van der Waals surface area contributed by atoms with Crippen molar-refractivity contribution in [1.29, 1.82) is 0 Å². The molecule has 0 spiro atoms. The normalized spacial score (nSPS) is 18.0. The van der Waals surface area contributed by atoms with Crippen LogP contribution in [0.3, 0.4) is 0 Å². The van der Waals surface area contributed by atoms with E-state index in [9.17, 15) is 24.0 Å². The molecule has 14 heteroatoms. The number of H-pyrrole nitrogens is 2. The highest BCUT2D eigenvalue weighted by molar-refractivity contribution is 5.92. The Morgan fingerprint density at radius 3 is 1.90 bits per heavy atom. The first-order valence-corrected chi connectivity index (χ1v) is 20.4. The molecular weight excluding hydrogens is 751 g/mol. The lowest BCUT2D eigenvalue weighted by molar-refractivity contribution is -0.138. The predicted octanol–water partition coefficient (Wildman–Crippen LogP) is 7.22. The van der Waals surface area contributed by atoms with Gasteiger partial charge in [-0.25, -0.2) is 14.6 Å². The lowest BCUT2D eigenvalue weighted by Crippen LogP contribution is -2.53. The molecule has 2 saturated heterocycles. The van der Waals surface area contributed by atoms with Crippen LogP contribution in [-0.4, -0.2) is 88.1 Å². The van der Waals surface area contributed by atoms with Crippen molar-refractivity contribution in [1.82, 2.24) is 35.4 Å². The zero-order valence-electron chi connectivity index (χ0n) is 34.5. The second-order valence-corrected chi connectivity index (χ2v) is 16.3. The number of hydrogen-bond acceptors (Lipinski definition) is 8. The van der Waals surface area contributed by atoms with Gasteiger partial charge in [0.1, 0.15) is 17.9 Å². The number of carbonyl (C=O) groups is 4. The molecule has 4 atom stereocenters. The van der Waals surface area contributed by atoms with E-state index < -0.39 is 24.3 Å². The van der Waals surface area contributed by atoms with Gasteiger partial charge in [-0.2, -0.15) is 0 Å². The Labute approximate surface area is 343 Å². The zero-order chi connectivity index (χ0) is 42.0. The quantitative estimate of drug-likeness (QED) is 0.114. The number of aromatic nitrogens is 3. The van der Waals surface area contributed by atoms with E-state index in [1.165, 1.54) is 14.2 Å². The van der Waals surface area contributed by atoms with Crippen molar-refractivity contribution in [2.24, 2.45) is 11.8 Å². The smallest absolute Gasteiger partial charge is 0.407 e. The highest BCUT2D eigenvalue weighted by atomic mass is 16.5. The average molecular weight is 804 g/mol. The lowest BCUT2D eigenvalue weighted by atomic mass is 9.94. The Morgan fingerprint density at radius 1 is 0.695 bits per heavy atom. The molecule has 2 unspecified atom stereocenters. The highest BCUT2D eigenvalue weighted by Crippen LogP contribution is 2.35. The van der Waals surface area contributed by atoms with Gasteiger partial charge in [-0.05, 0) is 90.1 Å². The monoisotopic (exact) mass is 803 g/mol. The van der Waals surface area contributed by atoms with Gasteiger partial charge < -0.3 is 39.9 Å². The molecule has 0 bridgehead atoms. The summed E-state index contributed by atoms with van der Waals surface area (Å²) in [6.07, 6.45) is 4.53. The number of amides is 4. The van der Waals surface area contributed by atoms with Gasteiger partial charge in [0.25, 0.3) is 0 Å². The van der Waals surface area contributed by atoms with Crippen LogP contribution >= 0.6 is 0 Å². The number of hydrogen-bond donors (Lipinski definition) is 4. The van der Waals surface area contributed by atoms with Crippen molar-refractivity contribution in [3.63, 3.8) is 0 Å². The van der Waals surface area contributed by atoms with Crippen molar-refractivity contribution in [3.8, 4) is 22.4 Å². The van der Waals surface area contributed by atoms with Crippen LogP contribution in [0.2, 0.25) is 0 Å². The maximum atomic E-state index is 13.9. The third-order valence-corrected chi connectivity index (χ3v) is 11.7. The number of fused-ring (bicyclic) bond motifs is 2. The predicted molar refractivity (Wildman–Crippen MR) is 225 cm³/mol. The first kappa shape index (κ1) is 41.0. The van der Waals surface area contributed by atoms with Crippen LogP contribution in [0.4, 0.5) is 9.59 Å². The molecule has 310 valence electrons. The van der Waals surface area contributed by atoms with Gasteiger partial charge in [-0.1, -0.05) is 58.0 Å². The van der Waals surface area contributed by atoms with Crippen LogP contribution < -0.4 is 16.1 Å². The summed E-state index contributed by atoms with van der Waals surface area (Å²) in [5.41, 5.74) is 4.95. The number of piperidine rings is 1. The van der Waals surface area contributed by atoms with Crippen molar-refractivity contribution in [2.75, 3.05) is 27.3 Å². The molecule has 4 N–H and O–H groups in total. The van der Waals surface area contributed by atoms with Crippen LogP contribution in [0.5, 0.6) is 0 Å². The summed E-state index contributed by atoms with van der Waals surface area (Å²) in [4.78, 5) is 80.3. The van der Waals surface area contributed by atoms with Crippen LogP contribution in [0, 0.1) is 11.8 Å². The van der Waals surface area contributed by atoms with E-state index >= 15 is 0 Å². The number of imidazole rings is 1. The number of ether oxygens (including phenoxy) is 2. The topological polar surface area (TPSA) is 179 Å². The van der Waals surface area contributed by atoms with Crippen molar-refractivity contribution < 1.29 is 28.7 Å². The van der Waals surface area contributed by atoms with E-state index in [2.05, 4.69) is 50.9 Å². The van der Waals surface area contributed by atoms with Crippen molar-refractivity contribution >= 4 is 45.7 Å². The summed E-state index contributed by atoms with van der Waals surface area (Å²) in [5, 5.41) is 8.03. The SMILES string of the molecule is COC(=O)NC(C(=O)N1CCC[C@H]1c1ncc(-c2ccc3cc(-c4ccc5c(=O)cc(C6CCCCN6C(=O)[C@@H](NC(=O)OC)C(C)C)[nH]c5c4)ccc3c2)[nH]1)C(C)C. The number of rotatable bonds is 10. The number of aromatic amines is 2. The minimum atomic E-state index is -0.759. The van der Waals surface area contributed by atoms with Gasteiger partial charge in [0.05, 0.1) is 43.7 Å². The van der Waals surface area contributed by atoms with E-state index in [0.717, 1.165) is 58.8 Å². The Hall–Kier alpha value is -6.18. The minimum Gasteiger partial charge on any atom is -0.453 e. The molecule has 0 aliphatic carbocycles. The van der Waals surface area contributed by atoms with Crippen LogP contribution in [0.25, 0.3) is 44.1 Å². The molecule has 5 aromatic rings. The molecular formula is C45H53N7O7. The van der Waals surface area contributed by atoms with Crippen molar-refractivity contribution in [3.05, 3.63) is 88.6 Å². The molecule has 14 nitrogen and oxygen atoms in total. The lowest BCUT2D eigenvalue weighted by Gasteiger charge is -2.38. The third-order valence-electron chi connectivity index (χ3n) is 11.7. The summed E-state index contributed by atoms with van der Waals surface area (Å²) >= 11 is 0. The second kappa shape index (κ2) is 17.4. The molecule has 0 saturated carbocycles. The summed E-state index contributed by atoms with van der Waals surface area (Å²) in [7, 11) is 2.56. The summed E-state index contributed by atoms with van der Waals surface area (Å²) in [6.45, 7) is 8.65. The fraction of sp³-hybridized carbons (Fsp3) is 0.422. The fourth-order valence-corrected chi connectivity index (χ4v) is 8.47. The number of likely N-dealkylation sites (tertiary alicyclic amines) is 2. The second-order valence-electron chi connectivity index (χ2n) is 16.3. The summed E-state index contributed by atoms with van der Waals surface area (Å²) < 4.78 is 9.56. The molecule has 0 radical (unpaired) electrons. The average Bonchev–Trinajstić information content (AvgIpc) is 3.94. The van der Waals surface area contributed by atoms with Crippen molar-refractivity contribution in [2.45, 2.75) is 84.0 Å². The van der Waals surface area contributed by atoms with Gasteiger partial charge in [0.15, 0.2) is 5.43 Å². The third kappa shape index (κ3) is 8.53. The Bertz CT molecular complexity index is 2440. The van der Waals surface area contributed by atoms with Gasteiger partial charge in [0, 0.05) is 35.8 Å². The molecule has 59 heavy (non-hydrogen) atoms. The Balaban J connectivity index is 1.11. The first-order chi connectivity index (χ1) is 28.4. The number of nitrogens with one attached hydrogen (secondary N) is 4. The van der Waals surface area contributed by atoms with Gasteiger partial charge in [-0.15, -0.1) is 0 Å². The fourth-order valence-electron chi connectivity index (χ4n) is 8.47. The number of pyridine rings is 1. The van der Waals surface area contributed by atoms with Gasteiger partial charge in [0.2, 0.25) is 11.8 Å². The number of carbonyl (C=O) groups excluding carboxylic acids is 4. The summed E-state index contributed by atoms with van der Waals surface area (Å²) in [5.74, 6) is 0.0712. The molecule has 3 aromatic carbocycles. The number of nitrogens with zero attached hydrogens (tertiary/aromatic N) is 3. The van der Waals surface area contributed by atoms with E-state index in [4.69, 9.17) is 14.5 Å².